The third kappa shape index (κ3) is 2.94. The molecule has 0 N–H and O–H groups in total. The van der Waals surface area contributed by atoms with Gasteiger partial charge >= 0.3 is 0 Å². The molecular formula is C10H21NO. The van der Waals surface area contributed by atoms with Gasteiger partial charge in [0.1, 0.15) is 5.78 Å². The molecule has 0 aromatic rings. The van der Waals surface area contributed by atoms with Gasteiger partial charge in [-0.15, -0.1) is 0 Å². The minimum Gasteiger partial charge on any atom is -0.298 e. The van der Waals surface area contributed by atoms with Crippen LogP contribution in [-0.4, -0.2) is 29.8 Å². The van der Waals surface area contributed by atoms with E-state index in [0.717, 1.165) is 19.5 Å². The van der Waals surface area contributed by atoms with E-state index in [1.54, 1.807) is 0 Å². The van der Waals surface area contributed by atoms with Crippen molar-refractivity contribution in [3.8, 4) is 0 Å². The number of Topliss-reactive ketones (excluding diaryl/α,β-unsaturated/α-hetero) is 1. The van der Waals surface area contributed by atoms with Crippen LogP contribution in [0.1, 0.15) is 40.5 Å². The Morgan fingerprint density at radius 1 is 1.17 bits per heavy atom. The molecule has 0 fully saturated rings. The molecule has 2 nitrogen and oxygen atoms in total. The highest BCUT2D eigenvalue weighted by Crippen LogP contribution is 2.06. The highest BCUT2D eigenvalue weighted by molar-refractivity contribution is 5.83. The molecule has 0 saturated heterocycles. The summed E-state index contributed by atoms with van der Waals surface area (Å²) >= 11 is 0. The van der Waals surface area contributed by atoms with Gasteiger partial charge in [-0.1, -0.05) is 27.7 Å². The van der Waals surface area contributed by atoms with Crippen molar-refractivity contribution in [2.75, 3.05) is 13.1 Å². The molecule has 0 aromatic heterocycles. The molecule has 0 aromatic carbocycles. The van der Waals surface area contributed by atoms with Crippen LogP contribution in [0.15, 0.2) is 0 Å². The van der Waals surface area contributed by atoms with E-state index in [1.807, 2.05) is 6.92 Å². The molecule has 72 valence electrons. The number of ketones is 1. The lowest BCUT2D eigenvalue weighted by atomic mass is 10.1. The second kappa shape index (κ2) is 6.18. The summed E-state index contributed by atoms with van der Waals surface area (Å²) in [6.45, 7) is 10.2. The highest BCUT2D eigenvalue weighted by Gasteiger charge is 2.19. The quantitative estimate of drug-likeness (QED) is 0.610. The molecule has 0 bridgehead atoms. The summed E-state index contributed by atoms with van der Waals surface area (Å²) in [4.78, 5) is 13.7. The standard InChI is InChI=1S/C10H21NO/c1-5-9(10(12)6-2)11(7-3)8-4/h9H,5-8H2,1-4H3/t9-/m1/s1. The topological polar surface area (TPSA) is 20.3 Å². The number of likely N-dealkylation sites (N-methyl/N-ethyl adjacent to an activating group) is 1. The zero-order valence-electron chi connectivity index (χ0n) is 8.76. The Balaban J connectivity index is 4.19. The lowest BCUT2D eigenvalue weighted by molar-refractivity contribution is -0.124. The van der Waals surface area contributed by atoms with Crippen LogP contribution in [0.25, 0.3) is 0 Å². The van der Waals surface area contributed by atoms with Gasteiger partial charge in [-0.2, -0.15) is 0 Å². The van der Waals surface area contributed by atoms with Crippen LogP contribution >= 0.6 is 0 Å². The lowest BCUT2D eigenvalue weighted by Crippen LogP contribution is -2.40. The van der Waals surface area contributed by atoms with E-state index in [1.165, 1.54) is 0 Å². The average molecular weight is 171 g/mol. The van der Waals surface area contributed by atoms with Crippen molar-refractivity contribution in [1.82, 2.24) is 4.90 Å². The van der Waals surface area contributed by atoms with E-state index in [0.29, 0.717) is 12.2 Å². The Hall–Kier alpha value is -0.370. The van der Waals surface area contributed by atoms with Crippen molar-refractivity contribution in [1.29, 1.82) is 0 Å². The predicted molar refractivity (Wildman–Crippen MR) is 52.3 cm³/mol. The molecule has 0 rings (SSSR count). The first-order valence-corrected chi connectivity index (χ1v) is 4.97. The number of carbonyl (C=O) groups is 1. The molecular weight excluding hydrogens is 150 g/mol. The Morgan fingerprint density at radius 2 is 1.67 bits per heavy atom. The van der Waals surface area contributed by atoms with E-state index in [9.17, 15) is 4.79 Å². The number of hydrogen-bond donors (Lipinski definition) is 0. The first kappa shape index (κ1) is 11.6. The number of hydrogen-bond acceptors (Lipinski definition) is 2. The maximum absolute atomic E-state index is 11.5. The maximum atomic E-state index is 11.5. The molecule has 0 radical (unpaired) electrons. The minimum absolute atomic E-state index is 0.157. The van der Waals surface area contributed by atoms with Crippen molar-refractivity contribution in [3.63, 3.8) is 0 Å². The van der Waals surface area contributed by atoms with Crippen LogP contribution in [0.4, 0.5) is 0 Å². The summed E-state index contributed by atoms with van der Waals surface area (Å²) in [5.74, 6) is 0.376. The molecule has 0 saturated carbocycles. The van der Waals surface area contributed by atoms with Crippen LogP contribution < -0.4 is 0 Å². The van der Waals surface area contributed by atoms with Gasteiger partial charge < -0.3 is 0 Å². The molecule has 0 aliphatic heterocycles. The normalized spacial score (nSPS) is 13.4. The Labute approximate surface area is 75.9 Å². The first-order chi connectivity index (χ1) is 5.71. The summed E-state index contributed by atoms with van der Waals surface area (Å²) in [7, 11) is 0. The minimum atomic E-state index is 0.157. The van der Waals surface area contributed by atoms with E-state index < -0.39 is 0 Å². The summed E-state index contributed by atoms with van der Waals surface area (Å²) in [6, 6.07) is 0.157. The van der Waals surface area contributed by atoms with E-state index in [2.05, 4.69) is 25.7 Å². The fourth-order valence-electron chi connectivity index (χ4n) is 1.59. The van der Waals surface area contributed by atoms with Gasteiger partial charge in [0, 0.05) is 6.42 Å². The van der Waals surface area contributed by atoms with Crippen molar-refractivity contribution >= 4 is 5.78 Å². The fourth-order valence-corrected chi connectivity index (χ4v) is 1.59. The van der Waals surface area contributed by atoms with Crippen LogP contribution in [0.2, 0.25) is 0 Å². The average Bonchev–Trinajstić information content (AvgIpc) is 2.12. The molecule has 0 unspecified atom stereocenters. The van der Waals surface area contributed by atoms with Gasteiger partial charge in [0.25, 0.3) is 0 Å². The zero-order chi connectivity index (χ0) is 9.56. The van der Waals surface area contributed by atoms with Crippen molar-refractivity contribution in [2.24, 2.45) is 0 Å². The molecule has 1 atom stereocenters. The molecule has 0 aliphatic rings. The van der Waals surface area contributed by atoms with Gasteiger partial charge in [0.15, 0.2) is 0 Å². The van der Waals surface area contributed by atoms with Gasteiger partial charge in [0.05, 0.1) is 6.04 Å². The van der Waals surface area contributed by atoms with Gasteiger partial charge in [-0.3, -0.25) is 9.69 Å². The third-order valence-electron chi connectivity index (χ3n) is 2.36. The van der Waals surface area contributed by atoms with Crippen molar-refractivity contribution in [2.45, 2.75) is 46.6 Å². The summed E-state index contributed by atoms with van der Waals surface area (Å²) in [5.41, 5.74) is 0. The maximum Gasteiger partial charge on any atom is 0.149 e. The van der Waals surface area contributed by atoms with Crippen molar-refractivity contribution in [3.05, 3.63) is 0 Å². The summed E-state index contributed by atoms with van der Waals surface area (Å²) in [6.07, 6.45) is 1.60. The molecule has 2 heteroatoms. The van der Waals surface area contributed by atoms with Gasteiger partial charge in [-0.05, 0) is 19.5 Å². The molecule has 12 heavy (non-hydrogen) atoms. The van der Waals surface area contributed by atoms with Gasteiger partial charge in [0.2, 0.25) is 0 Å². The monoisotopic (exact) mass is 171 g/mol. The first-order valence-electron chi connectivity index (χ1n) is 4.97. The summed E-state index contributed by atoms with van der Waals surface area (Å²) < 4.78 is 0. The molecule has 0 aliphatic carbocycles. The number of rotatable bonds is 6. The second-order valence-electron chi connectivity index (χ2n) is 2.97. The van der Waals surface area contributed by atoms with Crippen LogP contribution in [0.3, 0.4) is 0 Å². The Kier molecular flexibility index (Phi) is 5.99. The summed E-state index contributed by atoms with van der Waals surface area (Å²) in [5, 5.41) is 0. The number of nitrogens with zero attached hydrogens (tertiary/aromatic N) is 1. The van der Waals surface area contributed by atoms with E-state index >= 15 is 0 Å². The molecule has 0 amide bonds. The van der Waals surface area contributed by atoms with Crippen LogP contribution in [-0.2, 0) is 4.79 Å². The third-order valence-corrected chi connectivity index (χ3v) is 2.36. The molecule has 0 heterocycles. The smallest absolute Gasteiger partial charge is 0.149 e. The Morgan fingerprint density at radius 3 is 1.92 bits per heavy atom. The van der Waals surface area contributed by atoms with Crippen LogP contribution in [0.5, 0.6) is 0 Å². The van der Waals surface area contributed by atoms with Gasteiger partial charge in [-0.25, -0.2) is 0 Å². The second-order valence-corrected chi connectivity index (χ2v) is 2.97. The Bertz CT molecular complexity index is 130. The van der Waals surface area contributed by atoms with E-state index in [4.69, 9.17) is 0 Å². The SMILES string of the molecule is CCC(=O)[C@@H](CC)N(CC)CC. The molecule has 0 spiro atoms. The van der Waals surface area contributed by atoms with Crippen LogP contribution in [0, 0.1) is 0 Å². The number of carbonyl (C=O) groups excluding carboxylic acids is 1. The van der Waals surface area contributed by atoms with Crippen molar-refractivity contribution < 1.29 is 4.79 Å². The fraction of sp³-hybridized carbons (Fsp3) is 0.900. The predicted octanol–water partition coefficient (Wildman–Crippen LogP) is 2.09. The van der Waals surface area contributed by atoms with E-state index in [-0.39, 0.29) is 6.04 Å². The zero-order valence-corrected chi connectivity index (χ0v) is 8.76. The lowest BCUT2D eigenvalue weighted by Gasteiger charge is -2.27. The highest BCUT2D eigenvalue weighted by atomic mass is 16.1. The largest absolute Gasteiger partial charge is 0.298 e.